The molecule has 0 unspecified atom stereocenters. The third kappa shape index (κ3) is 6.02. The third-order valence-corrected chi connectivity index (χ3v) is 1.15. The number of allylic oxidation sites excluding steroid dienone is 1. The maximum absolute atomic E-state index is 5.54. The minimum absolute atomic E-state index is 0.799. The summed E-state index contributed by atoms with van der Waals surface area (Å²) in [6.45, 7) is 9.96. The number of nitrogens with one attached hydrogen (secondary N) is 1. The molecule has 0 aliphatic rings. The van der Waals surface area contributed by atoms with Crippen molar-refractivity contribution in [2.24, 2.45) is 0 Å². The number of rotatable bonds is 1. The fourth-order valence-corrected chi connectivity index (χ4v) is 0.705. The molecule has 1 heterocycles. The van der Waals surface area contributed by atoms with Crippen molar-refractivity contribution in [1.82, 2.24) is 4.98 Å². The molecule has 2 nitrogen and oxygen atoms in total. The molecule has 0 bridgehead atoms. The molecule has 0 aromatic carbocycles. The van der Waals surface area contributed by atoms with Crippen LogP contribution in [-0.2, 0) is 0 Å². The number of aromatic amines is 1. The highest BCUT2D eigenvalue weighted by molar-refractivity contribution is 5.60. The summed E-state index contributed by atoms with van der Waals surface area (Å²) in [5, 5.41) is 0. The summed E-state index contributed by atoms with van der Waals surface area (Å²) in [6, 6.07) is 1.84. The molecule has 0 amide bonds. The molecule has 0 aliphatic carbocycles. The largest absolute Gasteiger partial charge is 0.397 e. The number of hydrogen-bond donors (Lipinski definition) is 2. The Labute approximate surface area is 81.9 Å². The molecule has 1 rings (SSSR count). The van der Waals surface area contributed by atoms with Gasteiger partial charge in [0.05, 0.1) is 11.4 Å². The highest BCUT2D eigenvalue weighted by Gasteiger charge is 1.90. The second kappa shape index (κ2) is 10.8. The summed E-state index contributed by atoms with van der Waals surface area (Å²) < 4.78 is 0. The Kier molecular flexibility index (Phi) is 11.9. The SMILES string of the molecule is C/C=C\c1[nH]ccc1N.CC.CC. The lowest BCUT2D eigenvalue weighted by Gasteiger charge is -1.86. The van der Waals surface area contributed by atoms with Crippen molar-refractivity contribution in [3.05, 3.63) is 24.0 Å². The summed E-state index contributed by atoms with van der Waals surface area (Å²) in [6.07, 6.45) is 5.71. The minimum Gasteiger partial charge on any atom is -0.397 e. The smallest absolute Gasteiger partial charge is 0.0610 e. The van der Waals surface area contributed by atoms with Gasteiger partial charge in [0, 0.05) is 6.20 Å². The van der Waals surface area contributed by atoms with Crippen LogP contribution in [0.5, 0.6) is 0 Å². The Morgan fingerprint density at radius 2 is 1.77 bits per heavy atom. The van der Waals surface area contributed by atoms with Crippen LogP contribution in [0.25, 0.3) is 6.08 Å². The molecular weight excluding hydrogens is 160 g/mol. The van der Waals surface area contributed by atoms with E-state index in [1.807, 2.05) is 59.0 Å². The Balaban J connectivity index is 0. The summed E-state index contributed by atoms with van der Waals surface area (Å²) in [5.41, 5.74) is 7.33. The molecule has 0 aliphatic heterocycles. The van der Waals surface area contributed by atoms with Crippen molar-refractivity contribution < 1.29 is 0 Å². The van der Waals surface area contributed by atoms with Crippen molar-refractivity contribution in [2.75, 3.05) is 5.73 Å². The van der Waals surface area contributed by atoms with Gasteiger partial charge in [-0.05, 0) is 19.1 Å². The zero-order chi connectivity index (χ0) is 10.7. The van der Waals surface area contributed by atoms with Gasteiger partial charge in [-0.2, -0.15) is 0 Å². The number of anilines is 1. The van der Waals surface area contributed by atoms with E-state index < -0.39 is 0 Å². The molecule has 3 N–H and O–H groups in total. The van der Waals surface area contributed by atoms with Crippen molar-refractivity contribution >= 4 is 11.8 Å². The molecule has 0 radical (unpaired) electrons. The lowest BCUT2D eigenvalue weighted by molar-refractivity contribution is 1.37. The lowest BCUT2D eigenvalue weighted by atomic mass is 10.3. The van der Waals surface area contributed by atoms with Crippen LogP contribution in [0.4, 0.5) is 5.69 Å². The maximum atomic E-state index is 5.54. The molecule has 0 saturated heterocycles. The zero-order valence-electron chi connectivity index (χ0n) is 9.39. The van der Waals surface area contributed by atoms with Gasteiger partial charge in [-0.25, -0.2) is 0 Å². The van der Waals surface area contributed by atoms with Crippen LogP contribution in [0.2, 0.25) is 0 Å². The van der Waals surface area contributed by atoms with Crippen LogP contribution >= 0.6 is 0 Å². The van der Waals surface area contributed by atoms with E-state index in [9.17, 15) is 0 Å². The highest BCUT2D eigenvalue weighted by atomic mass is 14.7. The number of hydrogen-bond acceptors (Lipinski definition) is 1. The van der Waals surface area contributed by atoms with Crippen LogP contribution in [-0.4, -0.2) is 4.98 Å². The fraction of sp³-hybridized carbons (Fsp3) is 0.455. The molecule has 0 fully saturated rings. The second-order valence-corrected chi connectivity index (χ2v) is 1.85. The predicted molar refractivity (Wildman–Crippen MR) is 62.6 cm³/mol. The first-order valence-corrected chi connectivity index (χ1v) is 4.90. The van der Waals surface area contributed by atoms with E-state index in [-0.39, 0.29) is 0 Å². The van der Waals surface area contributed by atoms with Gasteiger partial charge in [-0.1, -0.05) is 33.8 Å². The quantitative estimate of drug-likeness (QED) is 0.683. The molecule has 13 heavy (non-hydrogen) atoms. The van der Waals surface area contributed by atoms with E-state index in [0.29, 0.717) is 0 Å². The number of aromatic nitrogens is 1. The van der Waals surface area contributed by atoms with E-state index in [1.54, 1.807) is 0 Å². The van der Waals surface area contributed by atoms with Crippen molar-refractivity contribution in [1.29, 1.82) is 0 Å². The van der Waals surface area contributed by atoms with Crippen LogP contribution < -0.4 is 5.73 Å². The molecule has 0 atom stereocenters. The molecule has 0 spiro atoms. The van der Waals surface area contributed by atoms with Crippen LogP contribution in [0.1, 0.15) is 40.3 Å². The number of nitrogens with two attached hydrogens (primary N) is 1. The number of H-pyrrole nitrogens is 1. The third-order valence-electron chi connectivity index (χ3n) is 1.15. The first kappa shape index (κ1) is 14.3. The molecule has 1 aromatic heterocycles. The van der Waals surface area contributed by atoms with E-state index in [4.69, 9.17) is 5.73 Å². The summed E-state index contributed by atoms with van der Waals surface area (Å²) in [4.78, 5) is 2.99. The lowest BCUT2D eigenvalue weighted by Crippen LogP contribution is -1.83. The number of nitrogen functional groups attached to an aromatic ring is 1. The van der Waals surface area contributed by atoms with Gasteiger partial charge >= 0.3 is 0 Å². The summed E-state index contributed by atoms with van der Waals surface area (Å²) >= 11 is 0. The van der Waals surface area contributed by atoms with Gasteiger partial charge in [0.15, 0.2) is 0 Å². The Morgan fingerprint density at radius 3 is 2.08 bits per heavy atom. The van der Waals surface area contributed by atoms with Gasteiger partial charge in [-0.15, -0.1) is 0 Å². The zero-order valence-corrected chi connectivity index (χ0v) is 9.39. The van der Waals surface area contributed by atoms with Gasteiger partial charge < -0.3 is 10.7 Å². The summed E-state index contributed by atoms with van der Waals surface area (Å²) in [5.74, 6) is 0. The predicted octanol–water partition coefficient (Wildman–Crippen LogP) is 3.68. The Bertz CT molecular complexity index is 212. The minimum atomic E-state index is 0.799. The Hall–Kier alpha value is -1.18. The van der Waals surface area contributed by atoms with Gasteiger partial charge in [0.25, 0.3) is 0 Å². The average Bonchev–Trinajstić information content (AvgIpc) is 2.60. The van der Waals surface area contributed by atoms with Crippen LogP contribution in [0.15, 0.2) is 18.3 Å². The van der Waals surface area contributed by atoms with E-state index in [2.05, 4.69) is 4.98 Å². The van der Waals surface area contributed by atoms with E-state index in [0.717, 1.165) is 11.4 Å². The summed E-state index contributed by atoms with van der Waals surface area (Å²) in [7, 11) is 0. The molecule has 0 saturated carbocycles. The molecule has 76 valence electrons. The normalized spacial score (nSPS) is 8.38. The molecular formula is C11H22N2. The van der Waals surface area contributed by atoms with Crippen molar-refractivity contribution in [2.45, 2.75) is 34.6 Å². The van der Waals surface area contributed by atoms with Gasteiger partial charge in [0.2, 0.25) is 0 Å². The van der Waals surface area contributed by atoms with Crippen molar-refractivity contribution in [3.8, 4) is 0 Å². The maximum Gasteiger partial charge on any atom is 0.0610 e. The van der Waals surface area contributed by atoms with Gasteiger partial charge in [-0.3, -0.25) is 0 Å². The highest BCUT2D eigenvalue weighted by Crippen LogP contribution is 2.08. The van der Waals surface area contributed by atoms with E-state index in [1.165, 1.54) is 0 Å². The van der Waals surface area contributed by atoms with Gasteiger partial charge in [0.1, 0.15) is 0 Å². The van der Waals surface area contributed by atoms with Crippen molar-refractivity contribution in [3.63, 3.8) is 0 Å². The first-order chi connectivity index (χ1) is 6.34. The average molecular weight is 182 g/mol. The molecule has 1 aromatic rings. The van der Waals surface area contributed by atoms with Crippen LogP contribution in [0.3, 0.4) is 0 Å². The fourth-order valence-electron chi connectivity index (χ4n) is 0.705. The Morgan fingerprint density at radius 1 is 1.23 bits per heavy atom. The first-order valence-electron chi connectivity index (χ1n) is 4.90. The topological polar surface area (TPSA) is 41.8 Å². The molecule has 2 heteroatoms. The van der Waals surface area contributed by atoms with Crippen LogP contribution in [0, 0.1) is 0 Å². The van der Waals surface area contributed by atoms with E-state index >= 15 is 0 Å². The monoisotopic (exact) mass is 182 g/mol. The standard InChI is InChI=1S/C7H10N2.2C2H6/c1-2-3-7-6(8)4-5-9-7;2*1-2/h2-5,9H,8H2,1H3;2*1-2H3/b3-2-;;. The second-order valence-electron chi connectivity index (χ2n) is 1.85.